The Morgan fingerprint density at radius 3 is 2.55 bits per heavy atom. The van der Waals surface area contributed by atoms with Gasteiger partial charge in [0.15, 0.2) is 0 Å². The first kappa shape index (κ1) is 31.0. The number of methoxy groups -OCH3 is 1. The second-order valence-electron chi connectivity index (χ2n) is 10.3. The van der Waals surface area contributed by atoms with Crippen molar-refractivity contribution in [1.82, 2.24) is 0 Å². The molecule has 1 aliphatic rings. The van der Waals surface area contributed by atoms with Gasteiger partial charge in [-0.2, -0.15) is 0 Å². The van der Waals surface area contributed by atoms with Gasteiger partial charge in [0.2, 0.25) is 5.91 Å². The fourth-order valence-corrected chi connectivity index (χ4v) is 7.62. The van der Waals surface area contributed by atoms with Gasteiger partial charge >= 0.3 is 5.97 Å². The quantitative estimate of drug-likeness (QED) is 0.0806. The number of nitro benzene ring substituents is 1. The SMILES string of the molecule is CCC(Sc1cccc(NC(=O)c2cccc([N+](=O)[O-])c2)c1)C(=O)Nc1sc2c(c1C(=O)OC)CCC(c1ccccc1)C2. The number of nitrogens with one attached hydrogen (secondary N) is 2. The summed E-state index contributed by atoms with van der Waals surface area (Å²) in [5.74, 6) is -0.817. The monoisotopic (exact) mass is 629 g/mol. The van der Waals surface area contributed by atoms with Crippen LogP contribution in [0.2, 0.25) is 0 Å². The summed E-state index contributed by atoms with van der Waals surface area (Å²) in [5.41, 5.74) is 3.15. The molecule has 0 saturated carbocycles. The number of amides is 2. The first-order valence-corrected chi connectivity index (χ1v) is 15.9. The van der Waals surface area contributed by atoms with Crippen LogP contribution in [-0.2, 0) is 22.4 Å². The lowest BCUT2D eigenvalue weighted by molar-refractivity contribution is -0.384. The highest BCUT2D eigenvalue weighted by Crippen LogP contribution is 2.43. The Labute approximate surface area is 263 Å². The van der Waals surface area contributed by atoms with Gasteiger partial charge in [0.05, 0.1) is 22.8 Å². The van der Waals surface area contributed by atoms with Crippen molar-refractivity contribution in [2.24, 2.45) is 0 Å². The van der Waals surface area contributed by atoms with E-state index in [2.05, 4.69) is 22.8 Å². The van der Waals surface area contributed by atoms with Crippen LogP contribution in [0.4, 0.5) is 16.4 Å². The number of thiophene rings is 1. The van der Waals surface area contributed by atoms with Crippen molar-refractivity contribution in [2.75, 3.05) is 17.7 Å². The Kier molecular flexibility index (Phi) is 9.76. The molecule has 5 rings (SSSR count). The van der Waals surface area contributed by atoms with Crippen LogP contribution in [0.25, 0.3) is 0 Å². The number of carbonyl (C=O) groups is 3. The Morgan fingerprint density at radius 1 is 1.05 bits per heavy atom. The second-order valence-corrected chi connectivity index (χ2v) is 12.7. The molecule has 2 amide bonds. The number of nitrogens with zero attached hydrogens (tertiary/aromatic N) is 1. The van der Waals surface area contributed by atoms with Gasteiger partial charge in [-0.3, -0.25) is 19.7 Å². The third-order valence-electron chi connectivity index (χ3n) is 7.52. The number of rotatable bonds is 10. The van der Waals surface area contributed by atoms with Crippen LogP contribution in [0.3, 0.4) is 0 Å². The standard InChI is InChI=1S/C33H31N3O6S2/c1-3-27(43-25-14-8-12-23(19-25)34-30(37)22-11-7-13-24(17-22)36(40)41)31(38)35-32-29(33(39)42-2)26-16-15-21(18-28(26)44-32)20-9-5-4-6-10-20/h4-14,17,19,21,27H,3,15-16,18H2,1-2H3,(H,34,37)(H,35,38). The fraction of sp³-hybridized carbons (Fsp3) is 0.242. The maximum absolute atomic E-state index is 13.5. The molecule has 4 aromatic rings. The summed E-state index contributed by atoms with van der Waals surface area (Å²) in [4.78, 5) is 51.5. The van der Waals surface area contributed by atoms with Crippen molar-refractivity contribution < 1.29 is 24.0 Å². The minimum Gasteiger partial charge on any atom is -0.465 e. The summed E-state index contributed by atoms with van der Waals surface area (Å²) in [5, 5.41) is 16.9. The zero-order valence-electron chi connectivity index (χ0n) is 24.2. The molecule has 1 heterocycles. The molecule has 0 fully saturated rings. The third-order valence-corrected chi connectivity index (χ3v) is 10.0. The number of nitro groups is 1. The van der Waals surface area contributed by atoms with Gasteiger partial charge in [0, 0.05) is 33.2 Å². The molecule has 2 atom stereocenters. The maximum Gasteiger partial charge on any atom is 0.341 e. The number of non-ortho nitro benzene ring substituents is 1. The predicted octanol–water partition coefficient (Wildman–Crippen LogP) is 7.48. The molecule has 0 aliphatic heterocycles. The highest BCUT2D eigenvalue weighted by atomic mass is 32.2. The molecule has 11 heteroatoms. The molecule has 0 spiro atoms. The molecule has 1 aromatic heterocycles. The number of benzene rings is 3. The van der Waals surface area contributed by atoms with E-state index in [4.69, 9.17) is 4.74 Å². The molecule has 44 heavy (non-hydrogen) atoms. The van der Waals surface area contributed by atoms with Gasteiger partial charge in [-0.05, 0) is 67.0 Å². The smallest absolute Gasteiger partial charge is 0.341 e. The van der Waals surface area contributed by atoms with Crippen molar-refractivity contribution in [2.45, 2.75) is 48.7 Å². The summed E-state index contributed by atoms with van der Waals surface area (Å²) < 4.78 is 5.12. The van der Waals surface area contributed by atoms with E-state index in [1.807, 2.05) is 31.2 Å². The molecule has 2 unspecified atom stereocenters. The van der Waals surface area contributed by atoms with E-state index in [-0.39, 0.29) is 17.2 Å². The van der Waals surface area contributed by atoms with E-state index < -0.39 is 22.0 Å². The highest BCUT2D eigenvalue weighted by molar-refractivity contribution is 8.00. The van der Waals surface area contributed by atoms with Crippen molar-refractivity contribution in [1.29, 1.82) is 0 Å². The van der Waals surface area contributed by atoms with Crippen LogP contribution in [0.15, 0.2) is 83.8 Å². The second kappa shape index (κ2) is 13.9. The molecule has 1 aliphatic carbocycles. The highest BCUT2D eigenvalue weighted by Gasteiger charge is 2.31. The van der Waals surface area contributed by atoms with Crippen molar-refractivity contribution >= 4 is 57.3 Å². The van der Waals surface area contributed by atoms with Gasteiger partial charge in [0.1, 0.15) is 5.00 Å². The average Bonchev–Trinajstić information content (AvgIpc) is 3.40. The van der Waals surface area contributed by atoms with Gasteiger partial charge in [-0.1, -0.05) is 49.4 Å². The van der Waals surface area contributed by atoms with E-state index in [0.717, 1.165) is 34.6 Å². The summed E-state index contributed by atoms with van der Waals surface area (Å²) in [6.45, 7) is 1.91. The summed E-state index contributed by atoms with van der Waals surface area (Å²) in [7, 11) is 1.35. The molecule has 9 nitrogen and oxygen atoms in total. The van der Waals surface area contributed by atoms with Crippen molar-refractivity contribution in [3.63, 3.8) is 0 Å². The van der Waals surface area contributed by atoms with Gasteiger partial charge < -0.3 is 15.4 Å². The topological polar surface area (TPSA) is 128 Å². The fourth-order valence-electron chi connectivity index (χ4n) is 5.29. The molecule has 0 bridgehead atoms. The molecule has 226 valence electrons. The lowest BCUT2D eigenvalue weighted by atomic mass is 9.83. The van der Waals surface area contributed by atoms with Gasteiger partial charge in [0.25, 0.3) is 11.6 Å². The molecular weight excluding hydrogens is 599 g/mol. The van der Waals surface area contributed by atoms with E-state index in [1.54, 1.807) is 18.2 Å². The minimum atomic E-state index is -0.551. The zero-order valence-corrected chi connectivity index (χ0v) is 25.8. The van der Waals surface area contributed by atoms with Gasteiger partial charge in [-0.15, -0.1) is 23.1 Å². The maximum atomic E-state index is 13.5. The number of carbonyl (C=O) groups excluding carboxylic acids is 3. The molecular formula is C33H31N3O6S2. The summed E-state index contributed by atoms with van der Waals surface area (Å²) >= 11 is 2.79. The predicted molar refractivity (Wildman–Crippen MR) is 173 cm³/mol. The van der Waals surface area contributed by atoms with E-state index in [1.165, 1.54) is 60.0 Å². The lowest BCUT2D eigenvalue weighted by Crippen LogP contribution is -2.25. The number of fused-ring (bicyclic) bond motifs is 1. The average molecular weight is 630 g/mol. The van der Waals surface area contributed by atoms with Crippen LogP contribution in [-0.4, -0.2) is 35.1 Å². The number of anilines is 2. The zero-order chi connectivity index (χ0) is 31.2. The third kappa shape index (κ3) is 7.00. The van der Waals surface area contributed by atoms with Crippen LogP contribution in [0.5, 0.6) is 0 Å². The number of hydrogen-bond donors (Lipinski definition) is 2. The van der Waals surface area contributed by atoms with Crippen LogP contribution in [0, 0.1) is 10.1 Å². The van der Waals surface area contributed by atoms with Crippen LogP contribution >= 0.6 is 23.1 Å². The Bertz CT molecular complexity index is 1700. The van der Waals surface area contributed by atoms with Crippen molar-refractivity contribution in [3.05, 3.63) is 116 Å². The molecule has 0 radical (unpaired) electrons. The molecule has 2 N–H and O–H groups in total. The largest absolute Gasteiger partial charge is 0.465 e. The Hall–Kier alpha value is -4.48. The van der Waals surface area contributed by atoms with E-state index >= 15 is 0 Å². The van der Waals surface area contributed by atoms with Crippen LogP contribution < -0.4 is 10.6 Å². The summed E-state index contributed by atoms with van der Waals surface area (Å²) in [6.07, 6.45) is 2.96. The number of hydrogen-bond acceptors (Lipinski definition) is 8. The van der Waals surface area contributed by atoms with E-state index in [0.29, 0.717) is 28.6 Å². The first-order valence-electron chi connectivity index (χ1n) is 14.2. The molecule has 0 saturated heterocycles. The minimum absolute atomic E-state index is 0.165. The lowest BCUT2D eigenvalue weighted by Gasteiger charge is -2.22. The number of ether oxygens (including phenoxy) is 1. The number of esters is 1. The Morgan fingerprint density at radius 2 is 1.82 bits per heavy atom. The molecule has 3 aromatic carbocycles. The van der Waals surface area contributed by atoms with Crippen LogP contribution in [0.1, 0.15) is 62.4 Å². The normalized spacial score (nSPS) is 14.6. The van der Waals surface area contributed by atoms with Gasteiger partial charge in [-0.25, -0.2) is 4.79 Å². The number of thioether (sulfide) groups is 1. The van der Waals surface area contributed by atoms with Crippen molar-refractivity contribution in [3.8, 4) is 0 Å². The Balaban J connectivity index is 1.30. The van der Waals surface area contributed by atoms with E-state index in [9.17, 15) is 24.5 Å². The first-order chi connectivity index (χ1) is 21.3. The summed E-state index contributed by atoms with van der Waals surface area (Å²) in [6, 6.07) is 22.9.